The topological polar surface area (TPSA) is 74.6 Å². The molecule has 6 atom stereocenters. The smallest absolute Gasteiger partial charge is 0.155 e. The second-order valence-corrected chi connectivity index (χ2v) is 8.14. The molecule has 126 valence electrons. The third-order valence-corrected chi connectivity index (χ3v) is 7.49. The predicted molar refractivity (Wildman–Crippen MR) is 84.6 cm³/mol. The first-order valence-electron chi connectivity index (χ1n) is 9.10. The molecule has 0 radical (unpaired) electrons. The Morgan fingerprint density at radius 3 is 2.74 bits per heavy atom. The molecule has 0 aromatic carbocycles. The second kappa shape index (κ2) is 5.00. The zero-order valence-corrected chi connectivity index (χ0v) is 13.8. The Labute approximate surface area is 137 Å². The number of carbonyl (C=O) groups is 2. The largest absolute Gasteiger partial charge is 0.393 e. The Balaban J connectivity index is 1.76. The average Bonchev–Trinajstić information content (AvgIpc) is 2.85. The third-order valence-electron chi connectivity index (χ3n) is 7.49. The Morgan fingerprint density at radius 1 is 1.22 bits per heavy atom. The number of ketones is 2. The maximum atomic E-state index is 12.6. The third kappa shape index (κ3) is 1.91. The fourth-order valence-corrected chi connectivity index (χ4v) is 6.46. The number of rotatable bonds is 1. The molecule has 3 fully saturated rings. The van der Waals surface area contributed by atoms with Gasteiger partial charge in [-0.3, -0.25) is 9.59 Å². The van der Waals surface area contributed by atoms with Gasteiger partial charge in [0.05, 0.1) is 11.7 Å². The van der Waals surface area contributed by atoms with Gasteiger partial charge in [0, 0.05) is 24.2 Å². The van der Waals surface area contributed by atoms with E-state index in [1.165, 1.54) is 0 Å². The monoisotopic (exact) mass is 318 g/mol. The van der Waals surface area contributed by atoms with Crippen molar-refractivity contribution >= 4 is 11.6 Å². The molecule has 0 saturated heterocycles. The fraction of sp³-hybridized carbons (Fsp3) is 0.789. The van der Waals surface area contributed by atoms with Crippen LogP contribution in [0, 0.1) is 23.2 Å². The Morgan fingerprint density at radius 2 is 2.00 bits per heavy atom. The minimum atomic E-state index is -1.04. The lowest BCUT2D eigenvalue weighted by molar-refractivity contribution is -0.169. The van der Waals surface area contributed by atoms with Crippen LogP contribution in [0.1, 0.15) is 58.3 Å². The van der Waals surface area contributed by atoms with Crippen molar-refractivity contribution in [2.45, 2.75) is 70.0 Å². The quantitative estimate of drug-likeness (QED) is 0.777. The summed E-state index contributed by atoms with van der Waals surface area (Å²) in [5.41, 5.74) is -0.591. The van der Waals surface area contributed by atoms with Crippen molar-refractivity contribution in [3.63, 3.8) is 0 Å². The molecule has 0 aromatic rings. The van der Waals surface area contributed by atoms with Crippen LogP contribution in [0.4, 0.5) is 0 Å². The van der Waals surface area contributed by atoms with Crippen molar-refractivity contribution in [2.24, 2.45) is 23.2 Å². The summed E-state index contributed by atoms with van der Waals surface area (Å²) in [5.74, 6) is 0.672. The van der Waals surface area contributed by atoms with Crippen molar-refractivity contribution in [1.82, 2.24) is 0 Å². The Hall–Kier alpha value is -1.00. The molecule has 4 heteroatoms. The Bertz CT molecular complexity index is 594. The van der Waals surface area contributed by atoms with Crippen molar-refractivity contribution in [3.05, 3.63) is 11.6 Å². The van der Waals surface area contributed by atoms with Crippen LogP contribution < -0.4 is 0 Å². The highest BCUT2D eigenvalue weighted by atomic mass is 16.3. The molecule has 3 unspecified atom stereocenters. The molecule has 0 spiro atoms. The molecular weight excluding hydrogens is 292 g/mol. The molecule has 3 saturated carbocycles. The van der Waals surface area contributed by atoms with E-state index < -0.39 is 11.7 Å². The van der Waals surface area contributed by atoms with Crippen molar-refractivity contribution < 1.29 is 19.8 Å². The molecule has 4 rings (SSSR count). The molecule has 0 bridgehead atoms. The lowest BCUT2D eigenvalue weighted by Gasteiger charge is -2.58. The summed E-state index contributed by atoms with van der Waals surface area (Å²) in [4.78, 5) is 24.3. The van der Waals surface area contributed by atoms with Crippen LogP contribution in [-0.4, -0.2) is 33.5 Å². The fourth-order valence-electron chi connectivity index (χ4n) is 6.46. The van der Waals surface area contributed by atoms with Gasteiger partial charge in [0.25, 0.3) is 0 Å². The van der Waals surface area contributed by atoms with Crippen molar-refractivity contribution in [2.75, 3.05) is 0 Å². The summed E-state index contributed by atoms with van der Waals surface area (Å²) in [5, 5.41) is 22.3. The van der Waals surface area contributed by atoms with Crippen LogP contribution >= 0.6 is 0 Å². The SMILES string of the molecule is CCC12CC(O)[C@H]3[C@@H](CCC4=CC(=O)CCC43O)[C@@H]1CCC2=O. The number of carbonyl (C=O) groups excluding carboxylic acids is 2. The van der Waals surface area contributed by atoms with Gasteiger partial charge in [-0.1, -0.05) is 6.92 Å². The van der Waals surface area contributed by atoms with E-state index in [0.29, 0.717) is 31.5 Å². The molecule has 2 N–H and O–H groups in total. The molecule has 4 aliphatic carbocycles. The maximum absolute atomic E-state index is 12.6. The predicted octanol–water partition coefficient (Wildman–Crippen LogP) is 2.17. The highest BCUT2D eigenvalue weighted by molar-refractivity contribution is 5.92. The van der Waals surface area contributed by atoms with E-state index in [0.717, 1.165) is 31.3 Å². The van der Waals surface area contributed by atoms with Crippen LogP contribution in [0.25, 0.3) is 0 Å². The van der Waals surface area contributed by atoms with Gasteiger partial charge in [0.15, 0.2) is 5.78 Å². The van der Waals surface area contributed by atoms with Gasteiger partial charge in [-0.25, -0.2) is 0 Å². The number of Topliss-reactive ketones (excluding diaryl/α,β-unsaturated/α-hetero) is 1. The Kier molecular flexibility index (Phi) is 3.37. The molecule has 0 heterocycles. The summed E-state index contributed by atoms with van der Waals surface area (Å²) in [6.07, 6.45) is 6.14. The number of hydrogen-bond donors (Lipinski definition) is 2. The highest BCUT2D eigenvalue weighted by Gasteiger charge is 2.63. The van der Waals surface area contributed by atoms with Gasteiger partial charge < -0.3 is 10.2 Å². The van der Waals surface area contributed by atoms with Crippen LogP contribution in [0.15, 0.2) is 11.6 Å². The van der Waals surface area contributed by atoms with Gasteiger partial charge in [0.2, 0.25) is 0 Å². The van der Waals surface area contributed by atoms with Crippen LogP contribution in [-0.2, 0) is 9.59 Å². The van der Waals surface area contributed by atoms with Crippen LogP contribution in [0.5, 0.6) is 0 Å². The first-order chi connectivity index (χ1) is 10.9. The zero-order chi connectivity index (χ0) is 16.4. The van der Waals surface area contributed by atoms with E-state index in [1.54, 1.807) is 6.08 Å². The molecular formula is C19H26O4. The van der Waals surface area contributed by atoms with E-state index in [-0.39, 0.29) is 29.0 Å². The van der Waals surface area contributed by atoms with Crippen LogP contribution in [0.3, 0.4) is 0 Å². The van der Waals surface area contributed by atoms with Gasteiger partial charge >= 0.3 is 0 Å². The van der Waals surface area contributed by atoms with Gasteiger partial charge in [-0.2, -0.15) is 0 Å². The van der Waals surface area contributed by atoms with Crippen molar-refractivity contribution in [1.29, 1.82) is 0 Å². The van der Waals surface area contributed by atoms with Gasteiger partial charge in [0.1, 0.15) is 5.78 Å². The number of hydrogen-bond acceptors (Lipinski definition) is 4. The van der Waals surface area contributed by atoms with Gasteiger partial charge in [-0.05, 0) is 62.0 Å². The number of fused-ring (bicyclic) bond motifs is 5. The minimum Gasteiger partial charge on any atom is -0.393 e. The van der Waals surface area contributed by atoms with Crippen LogP contribution in [0.2, 0.25) is 0 Å². The van der Waals surface area contributed by atoms with E-state index in [1.807, 2.05) is 0 Å². The summed E-state index contributed by atoms with van der Waals surface area (Å²) in [7, 11) is 0. The molecule has 4 aliphatic rings. The second-order valence-electron chi connectivity index (χ2n) is 8.14. The first-order valence-corrected chi connectivity index (χ1v) is 9.10. The zero-order valence-electron chi connectivity index (χ0n) is 13.8. The normalized spacial score (nSPS) is 49.3. The highest BCUT2D eigenvalue weighted by Crippen LogP contribution is 2.62. The lowest BCUT2D eigenvalue weighted by atomic mass is 9.49. The van der Waals surface area contributed by atoms with E-state index >= 15 is 0 Å². The standard InChI is InChI=1S/C19H26O4/c1-2-18-10-15(21)17-13(14(18)5-6-16(18)22)4-3-11-9-12(20)7-8-19(11,17)23/h9,13-15,17,21,23H,2-8,10H2,1H3/t13-,14-,15?,17+,18?,19?/m0/s1. The number of aliphatic hydroxyl groups excluding tert-OH is 1. The van der Waals surface area contributed by atoms with E-state index in [2.05, 4.69) is 6.92 Å². The maximum Gasteiger partial charge on any atom is 0.155 e. The lowest BCUT2D eigenvalue weighted by Crippen LogP contribution is -2.61. The van der Waals surface area contributed by atoms with Gasteiger partial charge in [-0.15, -0.1) is 0 Å². The average molecular weight is 318 g/mol. The molecule has 0 amide bonds. The van der Waals surface area contributed by atoms with E-state index in [4.69, 9.17) is 0 Å². The summed E-state index contributed by atoms with van der Waals surface area (Å²) >= 11 is 0. The molecule has 0 aromatic heterocycles. The minimum absolute atomic E-state index is 0.0902. The first kappa shape index (κ1) is 15.5. The summed E-state index contributed by atoms with van der Waals surface area (Å²) in [6.45, 7) is 2.06. The number of aliphatic hydroxyl groups is 2. The molecule has 4 nitrogen and oxygen atoms in total. The van der Waals surface area contributed by atoms with Crippen molar-refractivity contribution in [3.8, 4) is 0 Å². The molecule has 0 aliphatic heterocycles. The summed E-state index contributed by atoms with van der Waals surface area (Å²) < 4.78 is 0. The molecule has 23 heavy (non-hydrogen) atoms. The van der Waals surface area contributed by atoms with E-state index in [9.17, 15) is 19.8 Å². The summed E-state index contributed by atoms with van der Waals surface area (Å²) in [6, 6.07) is 0.